The maximum absolute atomic E-state index is 12.9. The van der Waals surface area contributed by atoms with E-state index in [0.717, 1.165) is 21.1 Å². The first-order valence-corrected chi connectivity index (χ1v) is 9.02. The van der Waals surface area contributed by atoms with Crippen molar-refractivity contribution in [3.63, 3.8) is 0 Å². The van der Waals surface area contributed by atoms with Crippen molar-refractivity contribution in [1.82, 2.24) is 9.88 Å². The number of benzene rings is 1. The lowest BCUT2D eigenvalue weighted by atomic mass is 10.0. The maximum atomic E-state index is 12.9. The molecular formula is C19H24N2O3S. The Hall–Kier alpha value is -2.21. The Morgan fingerprint density at radius 2 is 1.72 bits per heavy atom. The van der Waals surface area contributed by atoms with Crippen LogP contribution in [0.3, 0.4) is 0 Å². The molecule has 1 amide bonds. The Bertz CT molecular complexity index is 811. The Morgan fingerprint density at radius 3 is 2.24 bits per heavy atom. The monoisotopic (exact) mass is 360 g/mol. The van der Waals surface area contributed by atoms with E-state index in [0.29, 0.717) is 11.5 Å². The molecule has 5 nitrogen and oxygen atoms in total. The Balaban J connectivity index is 2.32. The second kappa shape index (κ2) is 7.35. The van der Waals surface area contributed by atoms with Crippen LogP contribution in [-0.4, -0.2) is 33.9 Å². The maximum Gasteiger partial charge on any atom is 0.335 e. The van der Waals surface area contributed by atoms with Gasteiger partial charge in [0, 0.05) is 23.4 Å². The highest BCUT2D eigenvalue weighted by Gasteiger charge is 2.24. The van der Waals surface area contributed by atoms with Gasteiger partial charge in [-0.3, -0.25) is 4.79 Å². The van der Waals surface area contributed by atoms with Gasteiger partial charge in [-0.25, -0.2) is 9.78 Å². The zero-order chi connectivity index (χ0) is 18.9. The van der Waals surface area contributed by atoms with E-state index in [4.69, 9.17) is 0 Å². The van der Waals surface area contributed by atoms with Crippen LogP contribution in [0.4, 0.5) is 0 Å². The van der Waals surface area contributed by atoms with Gasteiger partial charge in [0.2, 0.25) is 0 Å². The van der Waals surface area contributed by atoms with Gasteiger partial charge in [-0.05, 0) is 44.5 Å². The first-order chi connectivity index (χ1) is 11.6. The molecule has 0 aliphatic rings. The number of carbonyl (C=O) groups excluding carboxylic acids is 1. The third-order valence-electron chi connectivity index (χ3n) is 4.19. The number of hydrogen-bond donors (Lipinski definition) is 1. The summed E-state index contributed by atoms with van der Waals surface area (Å²) in [5, 5.41) is 10.3. The predicted octanol–water partition coefficient (Wildman–Crippen LogP) is 4.41. The highest BCUT2D eigenvalue weighted by atomic mass is 32.1. The molecule has 1 N–H and O–H groups in total. The van der Waals surface area contributed by atoms with Gasteiger partial charge in [0.15, 0.2) is 0 Å². The molecule has 2 rings (SSSR count). The molecule has 25 heavy (non-hydrogen) atoms. The summed E-state index contributed by atoms with van der Waals surface area (Å²) >= 11 is 1.63. The third-order valence-corrected chi connectivity index (χ3v) is 5.82. The zero-order valence-corrected chi connectivity index (χ0v) is 16.3. The van der Waals surface area contributed by atoms with Crippen molar-refractivity contribution >= 4 is 23.2 Å². The summed E-state index contributed by atoms with van der Waals surface area (Å²) in [7, 11) is 1.74. The number of hydrogen-bond acceptors (Lipinski definition) is 4. The van der Waals surface area contributed by atoms with Gasteiger partial charge in [-0.15, -0.1) is 11.3 Å². The number of nitrogens with zero attached hydrogens (tertiary/aromatic N) is 2. The van der Waals surface area contributed by atoms with Crippen LogP contribution >= 0.6 is 11.3 Å². The van der Waals surface area contributed by atoms with Crippen LogP contribution in [0.15, 0.2) is 18.2 Å². The second-order valence-electron chi connectivity index (χ2n) is 6.64. The number of carbonyl (C=O) groups is 2. The van der Waals surface area contributed by atoms with E-state index in [2.05, 4.69) is 18.8 Å². The first-order valence-electron chi connectivity index (χ1n) is 8.21. The first kappa shape index (κ1) is 19.1. The summed E-state index contributed by atoms with van der Waals surface area (Å²) in [6, 6.07) is 4.58. The molecule has 1 unspecified atom stereocenters. The SMILES string of the molecule is Cc1cc(C(=O)O)cc(C(=O)N(C)C(C)c2sc(C(C)C)nc2C)c1. The van der Waals surface area contributed by atoms with Gasteiger partial charge in [-0.2, -0.15) is 0 Å². The van der Waals surface area contributed by atoms with Gasteiger partial charge in [0.25, 0.3) is 5.91 Å². The van der Waals surface area contributed by atoms with Crippen LogP contribution in [0.1, 0.15) is 74.6 Å². The van der Waals surface area contributed by atoms with E-state index in [1.54, 1.807) is 42.3 Å². The molecule has 1 atom stereocenters. The number of thiazole rings is 1. The number of carboxylic acids is 1. The summed E-state index contributed by atoms with van der Waals surface area (Å²) in [6.45, 7) is 9.91. The van der Waals surface area contributed by atoms with Gasteiger partial charge in [0.1, 0.15) is 0 Å². The average molecular weight is 360 g/mol. The van der Waals surface area contributed by atoms with Crippen LogP contribution in [0.5, 0.6) is 0 Å². The molecule has 0 aliphatic heterocycles. The largest absolute Gasteiger partial charge is 0.478 e. The van der Waals surface area contributed by atoms with Crippen LogP contribution < -0.4 is 0 Å². The lowest BCUT2D eigenvalue weighted by molar-refractivity contribution is 0.0696. The lowest BCUT2D eigenvalue weighted by Crippen LogP contribution is -2.29. The van der Waals surface area contributed by atoms with Crippen LogP contribution in [-0.2, 0) is 0 Å². The van der Waals surface area contributed by atoms with E-state index in [1.165, 1.54) is 6.07 Å². The number of carboxylic acid groups (broad SMARTS) is 1. The molecule has 1 aromatic carbocycles. The van der Waals surface area contributed by atoms with E-state index < -0.39 is 5.97 Å². The minimum Gasteiger partial charge on any atom is -0.478 e. The number of rotatable bonds is 5. The smallest absolute Gasteiger partial charge is 0.335 e. The molecule has 0 radical (unpaired) electrons. The molecule has 0 saturated heterocycles. The van der Waals surface area contributed by atoms with Gasteiger partial charge >= 0.3 is 5.97 Å². The molecule has 6 heteroatoms. The summed E-state index contributed by atoms with van der Waals surface area (Å²) in [6.07, 6.45) is 0. The van der Waals surface area contributed by atoms with Crippen molar-refractivity contribution < 1.29 is 14.7 Å². The topological polar surface area (TPSA) is 70.5 Å². The van der Waals surface area contributed by atoms with Crippen molar-refractivity contribution in [2.75, 3.05) is 7.05 Å². The van der Waals surface area contributed by atoms with Crippen LogP contribution in [0.2, 0.25) is 0 Å². The number of aryl methyl sites for hydroxylation is 2. The summed E-state index contributed by atoms with van der Waals surface area (Å²) in [4.78, 5) is 31.4. The fraction of sp³-hybridized carbons (Fsp3) is 0.421. The molecule has 0 spiro atoms. The Kier molecular flexibility index (Phi) is 5.62. The quantitative estimate of drug-likeness (QED) is 0.857. The van der Waals surface area contributed by atoms with E-state index >= 15 is 0 Å². The molecule has 0 fully saturated rings. The third kappa shape index (κ3) is 4.07. The number of aromatic carboxylic acids is 1. The minimum atomic E-state index is -1.03. The molecule has 2 aromatic rings. The van der Waals surface area contributed by atoms with E-state index in [-0.39, 0.29) is 17.5 Å². The highest BCUT2D eigenvalue weighted by Crippen LogP contribution is 2.32. The Morgan fingerprint density at radius 1 is 1.12 bits per heavy atom. The Labute approximate surface area is 152 Å². The zero-order valence-electron chi connectivity index (χ0n) is 15.5. The van der Waals surface area contributed by atoms with E-state index in [1.807, 2.05) is 13.8 Å². The molecule has 0 bridgehead atoms. The predicted molar refractivity (Wildman–Crippen MR) is 99.6 cm³/mol. The van der Waals surface area contributed by atoms with Gasteiger partial charge < -0.3 is 10.0 Å². The number of amides is 1. The van der Waals surface area contributed by atoms with Crippen molar-refractivity contribution in [2.24, 2.45) is 0 Å². The van der Waals surface area contributed by atoms with Crippen LogP contribution in [0.25, 0.3) is 0 Å². The second-order valence-corrected chi connectivity index (χ2v) is 7.70. The molecule has 1 heterocycles. The molecular weight excluding hydrogens is 336 g/mol. The van der Waals surface area contributed by atoms with Crippen molar-refractivity contribution in [3.05, 3.63) is 50.5 Å². The van der Waals surface area contributed by atoms with Gasteiger partial charge in [-0.1, -0.05) is 13.8 Å². The van der Waals surface area contributed by atoms with Crippen molar-refractivity contribution in [2.45, 2.75) is 46.6 Å². The standard InChI is InChI=1S/C19H24N2O3S/c1-10(2)17-20-12(4)16(25-17)13(5)21(6)18(22)14-7-11(3)8-15(9-14)19(23)24/h7-10,13H,1-6H3,(H,23,24). The molecule has 134 valence electrons. The fourth-order valence-electron chi connectivity index (χ4n) is 2.65. The van der Waals surface area contributed by atoms with Crippen molar-refractivity contribution in [3.8, 4) is 0 Å². The fourth-order valence-corrected chi connectivity index (χ4v) is 3.82. The van der Waals surface area contributed by atoms with E-state index in [9.17, 15) is 14.7 Å². The summed E-state index contributed by atoms with van der Waals surface area (Å²) in [5.41, 5.74) is 2.20. The highest BCUT2D eigenvalue weighted by molar-refractivity contribution is 7.11. The van der Waals surface area contributed by atoms with Crippen molar-refractivity contribution in [1.29, 1.82) is 0 Å². The molecule has 0 aliphatic carbocycles. The summed E-state index contributed by atoms with van der Waals surface area (Å²) < 4.78 is 0. The summed E-state index contributed by atoms with van der Waals surface area (Å²) in [5.74, 6) is -0.883. The minimum absolute atomic E-state index is 0.125. The lowest BCUT2D eigenvalue weighted by Gasteiger charge is -2.25. The van der Waals surface area contributed by atoms with Crippen LogP contribution in [0, 0.1) is 13.8 Å². The molecule has 1 aromatic heterocycles. The molecule has 0 saturated carbocycles. The normalized spacial score (nSPS) is 12.3. The van der Waals surface area contributed by atoms with Gasteiger partial charge in [0.05, 0.1) is 22.3 Å². The number of aromatic nitrogens is 1. The average Bonchev–Trinajstić information content (AvgIpc) is 2.94.